The molecule has 0 unspecified atom stereocenters. The first kappa shape index (κ1) is 10.2. The number of hydrogen-bond acceptors (Lipinski definition) is 3. The summed E-state index contributed by atoms with van der Waals surface area (Å²) in [5.74, 6) is 0. The van der Waals surface area contributed by atoms with E-state index in [0.717, 1.165) is 13.1 Å². The highest BCUT2D eigenvalue weighted by Gasteiger charge is 2.03. The van der Waals surface area contributed by atoms with E-state index in [9.17, 15) is 0 Å². The second-order valence-corrected chi connectivity index (χ2v) is 3.70. The molecule has 0 saturated carbocycles. The standard InChI is InChI=1S/C9H18N4/c1-8(10)5-12(2)6-9-4-11-13(3)7-9/h4,7-8H,5-6,10H2,1-3H3/t8-/m1/s1. The fraction of sp³-hybridized carbons (Fsp3) is 0.667. The minimum Gasteiger partial charge on any atom is -0.327 e. The van der Waals surface area contributed by atoms with Crippen molar-refractivity contribution in [3.05, 3.63) is 18.0 Å². The Kier molecular flexibility index (Phi) is 3.45. The van der Waals surface area contributed by atoms with Crippen molar-refractivity contribution in [1.29, 1.82) is 0 Å². The Morgan fingerprint density at radius 3 is 2.85 bits per heavy atom. The van der Waals surface area contributed by atoms with Crippen molar-refractivity contribution >= 4 is 0 Å². The lowest BCUT2D eigenvalue weighted by Gasteiger charge is -2.17. The van der Waals surface area contributed by atoms with Crippen LogP contribution in [0.1, 0.15) is 12.5 Å². The van der Waals surface area contributed by atoms with E-state index in [0.29, 0.717) is 0 Å². The highest BCUT2D eigenvalue weighted by molar-refractivity contribution is 5.02. The number of hydrogen-bond donors (Lipinski definition) is 1. The zero-order valence-corrected chi connectivity index (χ0v) is 8.57. The van der Waals surface area contributed by atoms with Gasteiger partial charge in [0, 0.05) is 37.9 Å². The molecular weight excluding hydrogens is 164 g/mol. The highest BCUT2D eigenvalue weighted by Crippen LogP contribution is 2.00. The van der Waals surface area contributed by atoms with E-state index in [1.165, 1.54) is 5.56 Å². The molecule has 1 heterocycles. The number of rotatable bonds is 4. The molecule has 0 aliphatic heterocycles. The van der Waals surface area contributed by atoms with Gasteiger partial charge >= 0.3 is 0 Å². The van der Waals surface area contributed by atoms with E-state index in [2.05, 4.69) is 17.0 Å². The van der Waals surface area contributed by atoms with Crippen LogP contribution in [-0.2, 0) is 13.6 Å². The van der Waals surface area contributed by atoms with Gasteiger partial charge in [-0.25, -0.2) is 0 Å². The maximum atomic E-state index is 5.69. The molecule has 1 aromatic heterocycles. The van der Waals surface area contributed by atoms with Crippen LogP contribution < -0.4 is 5.73 Å². The topological polar surface area (TPSA) is 47.1 Å². The van der Waals surface area contributed by atoms with Gasteiger partial charge in [0.05, 0.1) is 6.20 Å². The molecule has 0 amide bonds. The largest absolute Gasteiger partial charge is 0.327 e. The van der Waals surface area contributed by atoms with Crippen LogP contribution in [0.15, 0.2) is 12.4 Å². The van der Waals surface area contributed by atoms with E-state index in [1.54, 1.807) is 0 Å². The van der Waals surface area contributed by atoms with Crippen LogP contribution in [0.25, 0.3) is 0 Å². The first-order chi connectivity index (χ1) is 6.08. The van der Waals surface area contributed by atoms with Gasteiger partial charge in [0.25, 0.3) is 0 Å². The van der Waals surface area contributed by atoms with Gasteiger partial charge in [-0.05, 0) is 14.0 Å². The Labute approximate surface area is 79.3 Å². The second-order valence-electron chi connectivity index (χ2n) is 3.70. The summed E-state index contributed by atoms with van der Waals surface area (Å²) >= 11 is 0. The number of likely N-dealkylation sites (N-methyl/N-ethyl adjacent to an activating group) is 1. The summed E-state index contributed by atoms with van der Waals surface area (Å²) < 4.78 is 1.81. The van der Waals surface area contributed by atoms with Crippen molar-refractivity contribution in [2.24, 2.45) is 12.8 Å². The summed E-state index contributed by atoms with van der Waals surface area (Å²) in [5, 5.41) is 4.11. The number of aryl methyl sites for hydroxylation is 1. The van der Waals surface area contributed by atoms with Gasteiger partial charge in [-0.3, -0.25) is 4.68 Å². The highest BCUT2D eigenvalue weighted by atomic mass is 15.2. The van der Waals surface area contributed by atoms with Gasteiger partial charge < -0.3 is 10.6 Å². The zero-order valence-electron chi connectivity index (χ0n) is 8.57. The monoisotopic (exact) mass is 182 g/mol. The Bertz CT molecular complexity index is 254. The summed E-state index contributed by atoms with van der Waals surface area (Å²) in [4.78, 5) is 2.20. The second kappa shape index (κ2) is 4.39. The molecule has 13 heavy (non-hydrogen) atoms. The molecule has 0 fully saturated rings. The van der Waals surface area contributed by atoms with Crippen LogP contribution in [-0.4, -0.2) is 34.3 Å². The third-order valence-electron chi connectivity index (χ3n) is 1.81. The van der Waals surface area contributed by atoms with Gasteiger partial charge in [0.1, 0.15) is 0 Å². The van der Waals surface area contributed by atoms with E-state index in [1.807, 2.05) is 31.0 Å². The van der Waals surface area contributed by atoms with Gasteiger partial charge in [0.15, 0.2) is 0 Å². The van der Waals surface area contributed by atoms with Gasteiger partial charge in [-0.2, -0.15) is 5.10 Å². The molecule has 1 aromatic rings. The lowest BCUT2D eigenvalue weighted by molar-refractivity contribution is 0.310. The summed E-state index contributed by atoms with van der Waals surface area (Å²) in [7, 11) is 3.99. The van der Waals surface area contributed by atoms with E-state index in [-0.39, 0.29) is 6.04 Å². The molecule has 74 valence electrons. The summed E-state index contributed by atoms with van der Waals surface area (Å²) in [6.07, 6.45) is 3.91. The maximum absolute atomic E-state index is 5.69. The molecule has 0 aliphatic carbocycles. The minimum atomic E-state index is 0.224. The zero-order chi connectivity index (χ0) is 9.84. The molecule has 1 rings (SSSR count). The number of nitrogens with zero attached hydrogens (tertiary/aromatic N) is 3. The van der Waals surface area contributed by atoms with Crippen molar-refractivity contribution in [2.75, 3.05) is 13.6 Å². The molecule has 2 N–H and O–H groups in total. The average Bonchev–Trinajstić information content (AvgIpc) is 2.33. The maximum Gasteiger partial charge on any atom is 0.0534 e. The van der Waals surface area contributed by atoms with Crippen LogP contribution in [0, 0.1) is 0 Å². The van der Waals surface area contributed by atoms with Crippen LogP contribution in [0.4, 0.5) is 0 Å². The molecule has 4 heteroatoms. The van der Waals surface area contributed by atoms with E-state index >= 15 is 0 Å². The van der Waals surface area contributed by atoms with E-state index < -0.39 is 0 Å². The van der Waals surface area contributed by atoms with Crippen LogP contribution >= 0.6 is 0 Å². The smallest absolute Gasteiger partial charge is 0.0534 e. The fourth-order valence-electron chi connectivity index (χ4n) is 1.42. The van der Waals surface area contributed by atoms with Crippen LogP contribution in [0.2, 0.25) is 0 Å². The molecular formula is C9H18N4. The molecule has 4 nitrogen and oxygen atoms in total. The van der Waals surface area contributed by atoms with Gasteiger partial charge in [0.2, 0.25) is 0 Å². The van der Waals surface area contributed by atoms with Crippen molar-refractivity contribution < 1.29 is 0 Å². The predicted octanol–water partition coefficient (Wildman–Crippen LogP) is 0.199. The predicted molar refractivity (Wildman–Crippen MR) is 53.2 cm³/mol. The van der Waals surface area contributed by atoms with Crippen molar-refractivity contribution in [2.45, 2.75) is 19.5 Å². The van der Waals surface area contributed by atoms with Gasteiger partial charge in [-0.1, -0.05) is 0 Å². The summed E-state index contributed by atoms with van der Waals surface area (Å²) in [5.41, 5.74) is 6.92. The van der Waals surface area contributed by atoms with Gasteiger partial charge in [-0.15, -0.1) is 0 Å². The first-order valence-corrected chi connectivity index (χ1v) is 4.49. The van der Waals surface area contributed by atoms with Crippen molar-refractivity contribution in [3.63, 3.8) is 0 Å². The quantitative estimate of drug-likeness (QED) is 0.723. The molecule has 0 saturated heterocycles. The molecule has 0 radical (unpaired) electrons. The Morgan fingerprint density at radius 2 is 2.38 bits per heavy atom. The SMILES string of the molecule is C[C@@H](N)CN(C)Cc1cnn(C)c1. The summed E-state index contributed by atoms with van der Waals surface area (Å²) in [6, 6.07) is 0.224. The lowest BCUT2D eigenvalue weighted by atomic mass is 10.3. The lowest BCUT2D eigenvalue weighted by Crippen LogP contribution is -2.32. The summed E-state index contributed by atoms with van der Waals surface area (Å²) in [6.45, 7) is 3.84. The van der Waals surface area contributed by atoms with E-state index in [4.69, 9.17) is 5.73 Å². The average molecular weight is 182 g/mol. The number of nitrogens with two attached hydrogens (primary N) is 1. The number of aromatic nitrogens is 2. The first-order valence-electron chi connectivity index (χ1n) is 4.49. The molecule has 1 atom stereocenters. The van der Waals surface area contributed by atoms with Crippen LogP contribution in [0.3, 0.4) is 0 Å². The Hall–Kier alpha value is -0.870. The third-order valence-corrected chi connectivity index (χ3v) is 1.81. The molecule has 0 spiro atoms. The normalized spacial score (nSPS) is 13.6. The minimum absolute atomic E-state index is 0.224. The Balaban J connectivity index is 2.40. The van der Waals surface area contributed by atoms with Crippen molar-refractivity contribution in [1.82, 2.24) is 14.7 Å². The molecule has 0 aliphatic rings. The molecule has 0 aromatic carbocycles. The van der Waals surface area contributed by atoms with Crippen LogP contribution in [0.5, 0.6) is 0 Å². The fourth-order valence-corrected chi connectivity index (χ4v) is 1.42. The van der Waals surface area contributed by atoms with Crippen molar-refractivity contribution in [3.8, 4) is 0 Å². The third kappa shape index (κ3) is 3.57. The Morgan fingerprint density at radius 1 is 1.69 bits per heavy atom. The molecule has 0 bridgehead atoms.